The molecular formula is C19H16N6O5S. The molecule has 0 aliphatic rings. The normalized spacial score (nSPS) is 11.3. The lowest BCUT2D eigenvalue weighted by molar-refractivity contribution is -0.133. The third-order valence-corrected chi connectivity index (χ3v) is 5.06. The second-order valence-electron chi connectivity index (χ2n) is 6.19. The maximum Gasteiger partial charge on any atom is 0.310 e. The fourth-order valence-corrected chi connectivity index (χ4v) is 3.40. The molecule has 11 nitrogen and oxygen atoms in total. The predicted octanol–water partition coefficient (Wildman–Crippen LogP) is 3.72. The van der Waals surface area contributed by atoms with Crippen LogP contribution < -0.4 is 10.3 Å². The van der Waals surface area contributed by atoms with Crippen LogP contribution in [-0.4, -0.2) is 30.4 Å². The van der Waals surface area contributed by atoms with Crippen molar-refractivity contribution in [2.45, 2.75) is 13.3 Å². The SMILES string of the molecule is CCC(=O)Oc1cc(=O)n(-c2cccs2)c(O)c1N=Nc1nnc(-c2ccco2)n1C. The minimum Gasteiger partial charge on any atom is -0.492 e. The summed E-state index contributed by atoms with van der Waals surface area (Å²) in [7, 11) is 1.66. The number of aromatic nitrogens is 4. The molecule has 31 heavy (non-hydrogen) atoms. The first-order valence-corrected chi connectivity index (χ1v) is 9.96. The number of pyridine rings is 1. The van der Waals surface area contributed by atoms with E-state index in [1.54, 1.807) is 43.6 Å². The Morgan fingerprint density at radius 1 is 1.29 bits per heavy atom. The van der Waals surface area contributed by atoms with Crippen LogP contribution in [0.25, 0.3) is 16.6 Å². The van der Waals surface area contributed by atoms with Crippen molar-refractivity contribution in [3.05, 3.63) is 52.3 Å². The van der Waals surface area contributed by atoms with E-state index in [-0.39, 0.29) is 23.8 Å². The summed E-state index contributed by atoms with van der Waals surface area (Å²) >= 11 is 1.24. The molecule has 0 aliphatic heterocycles. The van der Waals surface area contributed by atoms with Gasteiger partial charge in [-0.25, -0.2) is 4.57 Å². The molecule has 0 atom stereocenters. The molecule has 1 N–H and O–H groups in total. The standard InChI is InChI=1S/C19H16N6O5S/c1-3-15(27)30-12-10-13(26)25(14-7-5-9-31-14)18(28)16(12)20-22-19-23-21-17(24(19)2)11-6-4-8-29-11/h4-10,28H,3H2,1-2H3. The zero-order chi connectivity index (χ0) is 22.0. The van der Waals surface area contributed by atoms with E-state index in [0.29, 0.717) is 16.6 Å². The molecule has 0 amide bonds. The van der Waals surface area contributed by atoms with E-state index in [1.807, 2.05) is 0 Å². The fraction of sp³-hybridized carbons (Fsp3) is 0.158. The molecule has 0 radical (unpaired) electrons. The Bertz CT molecular complexity index is 1300. The number of thiophene rings is 1. The lowest BCUT2D eigenvalue weighted by Gasteiger charge is -2.11. The molecule has 0 aliphatic carbocycles. The van der Waals surface area contributed by atoms with Gasteiger partial charge in [0.2, 0.25) is 11.7 Å². The Morgan fingerprint density at radius 2 is 2.13 bits per heavy atom. The number of nitrogens with zero attached hydrogens (tertiary/aromatic N) is 6. The number of aromatic hydroxyl groups is 1. The third kappa shape index (κ3) is 3.88. The van der Waals surface area contributed by atoms with E-state index in [1.165, 1.54) is 22.2 Å². The van der Waals surface area contributed by atoms with E-state index in [4.69, 9.17) is 9.15 Å². The molecule has 158 valence electrons. The lowest BCUT2D eigenvalue weighted by atomic mass is 10.3. The Morgan fingerprint density at radius 3 is 2.81 bits per heavy atom. The van der Waals surface area contributed by atoms with Gasteiger partial charge in [-0.05, 0) is 29.6 Å². The minimum absolute atomic E-state index is 0.0706. The summed E-state index contributed by atoms with van der Waals surface area (Å²) in [6.07, 6.45) is 1.58. The van der Waals surface area contributed by atoms with Gasteiger partial charge in [-0.3, -0.25) is 14.2 Å². The molecule has 4 rings (SSSR count). The molecule has 0 spiro atoms. The quantitative estimate of drug-likeness (QED) is 0.356. The first-order chi connectivity index (χ1) is 15.0. The van der Waals surface area contributed by atoms with Gasteiger partial charge in [0.15, 0.2) is 17.2 Å². The van der Waals surface area contributed by atoms with Gasteiger partial charge in [0, 0.05) is 19.5 Å². The maximum atomic E-state index is 12.6. The number of esters is 1. The second kappa shape index (κ2) is 8.36. The van der Waals surface area contributed by atoms with Crippen molar-refractivity contribution in [1.82, 2.24) is 19.3 Å². The average molecular weight is 440 g/mol. The summed E-state index contributed by atoms with van der Waals surface area (Å²) in [6.45, 7) is 1.60. The van der Waals surface area contributed by atoms with Crippen molar-refractivity contribution in [2.75, 3.05) is 0 Å². The Labute approximate surface area is 178 Å². The molecule has 0 fully saturated rings. The molecule has 4 aromatic rings. The largest absolute Gasteiger partial charge is 0.492 e. The van der Waals surface area contributed by atoms with Crippen molar-refractivity contribution in [3.8, 4) is 28.2 Å². The highest BCUT2D eigenvalue weighted by Gasteiger charge is 2.21. The van der Waals surface area contributed by atoms with Gasteiger partial charge < -0.3 is 14.3 Å². The van der Waals surface area contributed by atoms with Gasteiger partial charge in [0.05, 0.1) is 6.26 Å². The minimum atomic E-state index is -0.595. The van der Waals surface area contributed by atoms with E-state index >= 15 is 0 Å². The van der Waals surface area contributed by atoms with Crippen molar-refractivity contribution in [1.29, 1.82) is 0 Å². The number of azo groups is 1. The van der Waals surface area contributed by atoms with Gasteiger partial charge in [-0.1, -0.05) is 6.92 Å². The van der Waals surface area contributed by atoms with Crippen molar-refractivity contribution in [2.24, 2.45) is 17.3 Å². The van der Waals surface area contributed by atoms with Crippen LogP contribution in [0.5, 0.6) is 11.6 Å². The summed E-state index contributed by atoms with van der Waals surface area (Å²) in [5, 5.41) is 29.0. The number of ether oxygens (including phenoxy) is 1. The topological polar surface area (TPSA) is 137 Å². The third-order valence-electron chi connectivity index (χ3n) is 4.20. The van der Waals surface area contributed by atoms with Crippen LogP contribution >= 0.6 is 11.3 Å². The van der Waals surface area contributed by atoms with Gasteiger partial charge in [-0.2, -0.15) is 0 Å². The van der Waals surface area contributed by atoms with E-state index < -0.39 is 17.4 Å². The Kier molecular flexibility index (Phi) is 5.45. The molecule has 0 aromatic carbocycles. The molecule has 0 unspecified atom stereocenters. The molecule has 0 saturated heterocycles. The van der Waals surface area contributed by atoms with Crippen LogP contribution in [-0.2, 0) is 11.8 Å². The molecule has 0 bridgehead atoms. The molecule has 12 heteroatoms. The maximum absolute atomic E-state index is 12.6. The first-order valence-electron chi connectivity index (χ1n) is 9.08. The summed E-state index contributed by atoms with van der Waals surface area (Å²) < 4.78 is 13.1. The highest BCUT2D eigenvalue weighted by atomic mass is 32.1. The van der Waals surface area contributed by atoms with Crippen LogP contribution in [0.15, 0.2) is 61.4 Å². The van der Waals surface area contributed by atoms with Crippen molar-refractivity contribution in [3.63, 3.8) is 0 Å². The number of furan rings is 1. The predicted molar refractivity (Wildman–Crippen MR) is 110 cm³/mol. The summed E-state index contributed by atoms with van der Waals surface area (Å²) in [5.74, 6) is -0.312. The molecule has 4 heterocycles. The van der Waals surface area contributed by atoms with Gasteiger partial charge in [0.25, 0.3) is 11.5 Å². The zero-order valence-electron chi connectivity index (χ0n) is 16.4. The van der Waals surface area contributed by atoms with Crippen molar-refractivity contribution < 1.29 is 19.1 Å². The smallest absolute Gasteiger partial charge is 0.310 e. The van der Waals surface area contributed by atoms with Gasteiger partial charge >= 0.3 is 5.97 Å². The van der Waals surface area contributed by atoms with E-state index in [2.05, 4.69) is 20.4 Å². The fourth-order valence-electron chi connectivity index (χ4n) is 2.67. The zero-order valence-corrected chi connectivity index (χ0v) is 17.2. The van der Waals surface area contributed by atoms with Crippen LogP contribution in [0.1, 0.15) is 13.3 Å². The number of carbonyl (C=O) groups excluding carboxylic acids is 1. The van der Waals surface area contributed by atoms with Crippen LogP contribution in [0, 0.1) is 0 Å². The Hall–Kier alpha value is -4.06. The molecular weight excluding hydrogens is 424 g/mol. The van der Waals surface area contributed by atoms with E-state index in [9.17, 15) is 14.7 Å². The highest BCUT2D eigenvalue weighted by Crippen LogP contribution is 2.38. The highest BCUT2D eigenvalue weighted by molar-refractivity contribution is 7.12. The van der Waals surface area contributed by atoms with Crippen LogP contribution in [0.2, 0.25) is 0 Å². The lowest BCUT2D eigenvalue weighted by Crippen LogP contribution is -2.18. The number of hydrogen-bond acceptors (Lipinski definition) is 10. The monoisotopic (exact) mass is 440 g/mol. The van der Waals surface area contributed by atoms with E-state index in [0.717, 1.165) is 10.6 Å². The number of rotatable bonds is 6. The summed E-state index contributed by atoms with van der Waals surface area (Å²) in [5.41, 5.74) is -0.783. The van der Waals surface area contributed by atoms with Crippen LogP contribution in [0.3, 0.4) is 0 Å². The van der Waals surface area contributed by atoms with Crippen molar-refractivity contribution >= 4 is 28.9 Å². The first kappa shape index (κ1) is 20.2. The Balaban J connectivity index is 1.80. The van der Waals surface area contributed by atoms with Gasteiger partial charge in [0.1, 0.15) is 5.00 Å². The molecule has 4 aromatic heterocycles. The second-order valence-corrected chi connectivity index (χ2v) is 7.12. The average Bonchev–Trinajstić information content (AvgIpc) is 3.50. The number of carbonyl (C=O) groups is 1. The number of hydrogen-bond donors (Lipinski definition) is 1. The summed E-state index contributed by atoms with van der Waals surface area (Å²) in [4.78, 5) is 24.4. The van der Waals surface area contributed by atoms with Crippen LogP contribution in [0.4, 0.5) is 11.6 Å². The van der Waals surface area contributed by atoms with Gasteiger partial charge in [-0.15, -0.1) is 31.8 Å². The summed E-state index contributed by atoms with van der Waals surface area (Å²) in [6, 6.07) is 7.89. The molecule has 0 saturated carbocycles.